The van der Waals surface area contributed by atoms with Crippen LogP contribution in [-0.2, 0) is 14.3 Å². The summed E-state index contributed by atoms with van der Waals surface area (Å²) in [5.41, 5.74) is 0. The van der Waals surface area contributed by atoms with Crippen molar-refractivity contribution in [3.63, 3.8) is 0 Å². The minimum atomic E-state index is -0.943. The molecule has 1 N–H and O–H groups in total. The van der Waals surface area contributed by atoms with Crippen LogP contribution in [0.1, 0.15) is 13.8 Å². The smallest absolute Gasteiger partial charge is 0.238 e. The Hall–Kier alpha value is -1.08. The highest BCUT2D eigenvalue weighted by Gasteiger charge is 2.42. The van der Waals surface area contributed by atoms with Crippen molar-refractivity contribution in [2.45, 2.75) is 42.0 Å². The Morgan fingerprint density at radius 3 is 2.50 bits per heavy atom. The van der Waals surface area contributed by atoms with E-state index in [1.165, 1.54) is 16.7 Å². The van der Waals surface area contributed by atoms with Crippen LogP contribution in [0.15, 0.2) is 35.2 Å². The van der Waals surface area contributed by atoms with Gasteiger partial charge in [0.15, 0.2) is 5.79 Å². The molecule has 6 heteroatoms. The molecule has 1 amide bonds. The van der Waals surface area contributed by atoms with E-state index in [1.54, 1.807) is 27.9 Å². The Bertz CT molecular complexity index is 506. The van der Waals surface area contributed by atoms with E-state index in [0.29, 0.717) is 0 Å². The molecule has 122 valence electrons. The minimum absolute atomic E-state index is 0.144. The maximum atomic E-state index is 12.5. The van der Waals surface area contributed by atoms with Crippen LogP contribution in [0.2, 0.25) is 0 Å². The highest BCUT2D eigenvalue weighted by molar-refractivity contribution is 8.00. The van der Waals surface area contributed by atoms with E-state index in [9.17, 15) is 9.90 Å². The molecule has 1 aliphatic heterocycles. The molecule has 0 aliphatic carbocycles. The van der Waals surface area contributed by atoms with Crippen LogP contribution in [0.25, 0.3) is 0 Å². The Morgan fingerprint density at radius 2 is 2.00 bits per heavy atom. The number of amides is 1. The number of aliphatic hydroxyl groups is 1. The average Bonchev–Trinajstić information content (AvgIpc) is 2.84. The van der Waals surface area contributed by atoms with E-state index < -0.39 is 23.2 Å². The summed E-state index contributed by atoms with van der Waals surface area (Å²) < 4.78 is 11.2. The largest absolute Gasteiger partial charge is 0.389 e. The van der Waals surface area contributed by atoms with Crippen LogP contribution in [0, 0.1) is 0 Å². The summed E-state index contributed by atoms with van der Waals surface area (Å²) in [6.45, 7) is 3.88. The van der Waals surface area contributed by atoms with Crippen molar-refractivity contribution in [1.82, 2.24) is 4.90 Å². The SMILES string of the molecule is CN(C)C(=O)[C@H](Sc1ccccc1)[C@H](O)[C@H]1COC(C)(C)O1. The number of hydrogen-bond acceptors (Lipinski definition) is 5. The fourth-order valence-electron chi connectivity index (χ4n) is 2.25. The van der Waals surface area contributed by atoms with Crippen LogP contribution >= 0.6 is 11.8 Å². The maximum Gasteiger partial charge on any atom is 0.238 e. The Balaban J connectivity index is 2.15. The van der Waals surface area contributed by atoms with E-state index in [0.717, 1.165) is 4.90 Å². The monoisotopic (exact) mass is 325 g/mol. The van der Waals surface area contributed by atoms with Crippen LogP contribution in [-0.4, -0.2) is 59.9 Å². The lowest BCUT2D eigenvalue weighted by atomic mass is 10.1. The molecule has 1 aromatic carbocycles. The minimum Gasteiger partial charge on any atom is -0.389 e. The van der Waals surface area contributed by atoms with E-state index in [2.05, 4.69) is 0 Å². The van der Waals surface area contributed by atoms with Gasteiger partial charge in [-0.1, -0.05) is 18.2 Å². The van der Waals surface area contributed by atoms with Crippen molar-refractivity contribution >= 4 is 17.7 Å². The number of benzene rings is 1. The van der Waals surface area contributed by atoms with Gasteiger partial charge in [0.25, 0.3) is 0 Å². The van der Waals surface area contributed by atoms with Gasteiger partial charge in [0.1, 0.15) is 17.5 Å². The number of carbonyl (C=O) groups excluding carboxylic acids is 1. The van der Waals surface area contributed by atoms with Crippen LogP contribution in [0.3, 0.4) is 0 Å². The maximum absolute atomic E-state index is 12.5. The number of ether oxygens (including phenoxy) is 2. The first-order valence-corrected chi connectivity index (χ1v) is 8.11. The summed E-state index contributed by atoms with van der Waals surface area (Å²) >= 11 is 1.34. The van der Waals surface area contributed by atoms with E-state index in [4.69, 9.17) is 9.47 Å². The Kier molecular flexibility index (Phi) is 5.50. The van der Waals surface area contributed by atoms with Gasteiger partial charge in [0.05, 0.1) is 6.61 Å². The first kappa shape index (κ1) is 17.3. The zero-order valence-corrected chi connectivity index (χ0v) is 14.2. The number of nitrogens with zero attached hydrogens (tertiary/aromatic N) is 1. The third kappa shape index (κ3) is 4.23. The molecule has 3 atom stereocenters. The average molecular weight is 325 g/mol. The van der Waals surface area contributed by atoms with E-state index >= 15 is 0 Å². The lowest BCUT2D eigenvalue weighted by Gasteiger charge is -2.28. The molecule has 22 heavy (non-hydrogen) atoms. The van der Waals surface area contributed by atoms with Gasteiger partial charge in [0, 0.05) is 19.0 Å². The number of carbonyl (C=O) groups is 1. The van der Waals surface area contributed by atoms with E-state index in [1.807, 2.05) is 30.3 Å². The van der Waals surface area contributed by atoms with Crippen molar-refractivity contribution in [3.8, 4) is 0 Å². The van der Waals surface area contributed by atoms with Gasteiger partial charge in [0.2, 0.25) is 5.91 Å². The van der Waals surface area contributed by atoms with Crippen LogP contribution < -0.4 is 0 Å². The number of aliphatic hydroxyl groups excluding tert-OH is 1. The van der Waals surface area contributed by atoms with Crippen molar-refractivity contribution < 1.29 is 19.4 Å². The zero-order valence-electron chi connectivity index (χ0n) is 13.4. The van der Waals surface area contributed by atoms with Gasteiger partial charge in [-0.05, 0) is 26.0 Å². The molecule has 5 nitrogen and oxygen atoms in total. The first-order chi connectivity index (χ1) is 10.3. The summed E-state index contributed by atoms with van der Waals surface area (Å²) in [6, 6.07) is 9.57. The van der Waals surface area contributed by atoms with Gasteiger partial charge < -0.3 is 19.5 Å². The molecule has 0 bridgehead atoms. The molecule has 1 heterocycles. The Labute approximate surface area is 135 Å². The summed E-state index contributed by atoms with van der Waals surface area (Å²) in [6.07, 6.45) is -1.46. The van der Waals surface area contributed by atoms with Gasteiger partial charge >= 0.3 is 0 Å². The lowest BCUT2D eigenvalue weighted by molar-refractivity contribution is -0.154. The molecule has 1 fully saturated rings. The summed E-state index contributed by atoms with van der Waals surface area (Å²) in [7, 11) is 3.37. The molecule has 0 unspecified atom stereocenters. The topological polar surface area (TPSA) is 59.0 Å². The van der Waals surface area contributed by atoms with Gasteiger partial charge in [-0.25, -0.2) is 0 Å². The van der Waals surface area contributed by atoms with Crippen molar-refractivity contribution in [1.29, 1.82) is 0 Å². The fraction of sp³-hybridized carbons (Fsp3) is 0.562. The number of hydrogen-bond donors (Lipinski definition) is 1. The third-order valence-electron chi connectivity index (χ3n) is 3.41. The van der Waals surface area contributed by atoms with E-state index in [-0.39, 0.29) is 12.5 Å². The lowest BCUT2D eigenvalue weighted by Crippen LogP contribution is -2.46. The molecule has 0 aromatic heterocycles. The molecule has 1 saturated heterocycles. The van der Waals surface area contributed by atoms with Gasteiger partial charge in [-0.3, -0.25) is 4.79 Å². The van der Waals surface area contributed by atoms with Crippen molar-refractivity contribution in [3.05, 3.63) is 30.3 Å². The molecular weight excluding hydrogens is 302 g/mol. The molecule has 0 spiro atoms. The molecule has 0 saturated carbocycles. The van der Waals surface area contributed by atoms with Gasteiger partial charge in [-0.15, -0.1) is 11.8 Å². The first-order valence-electron chi connectivity index (χ1n) is 7.23. The summed E-state index contributed by atoms with van der Waals surface area (Å²) in [5.74, 6) is -0.871. The normalized spacial score (nSPS) is 23.0. The summed E-state index contributed by atoms with van der Waals surface area (Å²) in [4.78, 5) is 14.9. The molecule has 1 aromatic rings. The third-order valence-corrected chi connectivity index (χ3v) is 4.69. The quantitative estimate of drug-likeness (QED) is 0.836. The predicted octanol–water partition coefficient (Wildman–Crippen LogP) is 1.75. The van der Waals surface area contributed by atoms with Gasteiger partial charge in [-0.2, -0.15) is 0 Å². The molecule has 1 aliphatic rings. The zero-order chi connectivity index (χ0) is 16.3. The molecule has 2 rings (SSSR count). The number of rotatable bonds is 5. The fourth-order valence-corrected chi connectivity index (χ4v) is 3.48. The molecule has 0 radical (unpaired) electrons. The second-order valence-electron chi connectivity index (χ2n) is 5.94. The standard InChI is InChI=1S/C16H23NO4S/c1-16(2)20-10-12(21-16)13(18)14(15(19)17(3)4)22-11-8-6-5-7-9-11/h5-9,12-14,18H,10H2,1-4H3/t12-,13-,14-/m1/s1. The van der Waals surface area contributed by atoms with Crippen molar-refractivity contribution in [2.75, 3.05) is 20.7 Å². The highest BCUT2D eigenvalue weighted by atomic mass is 32.2. The predicted molar refractivity (Wildman–Crippen MR) is 85.7 cm³/mol. The second kappa shape index (κ2) is 7.00. The summed E-state index contributed by atoms with van der Waals surface area (Å²) in [5, 5.41) is 10.0. The molecular formula is C16H23NO4S. The Morgan fingerprint density at radius 1 is 1.36 bits per heavy atom. The van der Waals surface area contributed by atoms with Crippen LogP contribution in [0.4, 0.5) is 0 Å². The highest BCUT2D eigenvalue weighted by Crippen LogP contribution is 2.32. The second-order valence-corrected chi connectivity index (χ2v) is 7.16. The van der Waals surface area contributed by atoms with Crippen LogP contribution in [0.5, 0.6) is 0 Å². The number of thioether (sulfide) groups is 1. The van der Waals surface area contributed by atoms with Crippen molar-refractivity contribution in [2.24, 2.45) is 0 Å².